The van der Waals surface area contributed by atoms with E-state index in [9.17, 15) is 31.5 Å². The van der Waals surface area contributed by atoms with Crippen molar-refractivity contribution in [1.82, 2.24) is 19.5 Å². The summed E-state index contributed by atoms with van der Waals surface area (Å²) in [5.41, 5.74) is 0.445. The van der Waals surface area contributed by atoms with Gasteiger partial charge >= 0.3 is 12.3 Å². The molecule has 1 saturated heterocycles. The van der Waals surface area contributed by atoms with E-state index in [-0.39, 0.29) is 30.4 Å². The third-order valence-corrected chi connectivity index (χ3v) is 7.89. The molecule has 0 bridgehead atoms. The van der Waals surface area contributed by atoms with Crippen LogP contribution in [-0.4, -0.2) is 78.1 Å². The van der Waals surface area contributed by atoms with Gasteiger partial charge in [-0.05, 0) is 24.3 Å². The van der Waals surface area contributed by atoms with Crippen molar-refractivity contribution in [2.45, 2.75) is 17.3 Å². The molecule has 1 N–H and O–H groups in total. The first-order chi connectivity index (χ1) is 16.0. The van der Waals surface area contributed by atoms with E-state index in [2.05, 4.69) is 19.9 Å². The number of methoxy groups -OCH3 is 1. The van der Waals surface area contributed by atoms with Crippen LogP contribution in [0.15, 0.2) is 35.4 Å². The minimum atomic E-state index is -4.93. The van der Waals surface area contributed by atoms with Crippen molar-refractivity contribution in [2.24, 2.45) is 0 Å². The summed E-state index contributed by atoms with van der Waals surface area (Å²) in [6.45, 7) is -0.266. The number of rotatable bonds is 6. The van der Waals surface area contributed by atoms with E-state index < -0.39 is 34.1 Å². The van der Waals surface area contributed by atoms with E-state index in [0.29, 0.717) is 15.3 Å². The van der Waals surface area contributed by atoms with Crippen LogP contribution in [0.1, 0.15) is 0 Å². The minimum absolute atomic E-state index is 0.126. The van der Waals surface area contributed by atoms with E-state index in [1.807, 2.05) is 0 Å². The second-order valence-corrected chi connectivity index (χ2v) is 9.90. The minimum Gasteiger partial charge on any atom is -0.480 e. The molecule has 34 heavy (non-hydrogen) atoms. The summed E-state index contributed by atoms with van der Waals surface area (Å²) < 4.78 is 73.6. The number of fused-ring (bicyclic) bond motifs is 1. The molecule has 1 atom stereocenters. The average Bonchev–Trinajstić information content (AvgIpc) is 3.22. The maximum Gasteiger partial charge on any atom is 0.573 e. The van der Waals surface area contributed by atoms with Crippen molar-refractivity contribution in [3.8, 4) is 11.6 Å². The number of ether oxygens (including phenoxy) is 2. The van der Waals surface area contributed by atoms with Crippen molar-refractivity contribution >= 4 is 42.7 Å². The summed E-state index contributed by atoms with van der Waals surface area (Å²) in [5, 5.41) is 17.8. The van der Waals surface area contributed by atoms with Crippen LogP contribution in [0, 0.1) is 0 Å². The van der Waals surface area contributed by atoms with Gasteiger partial charge in [0.15, 0.2) is 5.13 Å². The Morgan fingerprint density at radius 2 is 1.94 bits per heavy atom. The first-order valence-corrected chi connectivity index (χ1v) is 11.8. The number of aromatic nitrogens is 3. The fourth-order valence-electron chi connectivity index (χ4n) is 3.39. The lowest BCUT2D eigenvalue weighted by molar-refractivity contribution is -0.274. The monoisotopic (exact) mass is 519 g/mol. The molecule has 1 fully saturated rings. The zero-order chi connectivity index (χ0) is 24.7. The Labute approximate surface area is 194 Å². The maximum absolute atomic E-state index is 13.1. The van der Waals surface area contributed by atoms with E-state index in [1.165, 1.54) is 24.6 Å². The lowest BCUT2D eigenvalue weighted by atomic mass is 10.2. The van der Waals surface area contributed by atoms with Gasteiger partial charge in [0.05, 0.1) is 22.9 Å². The smallest absolute Gasteiger partial charge is 0.480 e. The molecule has 3 heterocycles. The van der Waals surface area contributed by atoms with Crippen LogP contribution in [0.5, 0.6) is 11.6 Å². The van der Waals surface area contributed by atoms with Crippen LogP contribution in [0.3, 0.4) is 0 Å². The summed E-state index contributed by atoms with van der Waals surface area (Å²) >= 11 is 1.22. The van der Waals surface area contributed by atoms with Crippen LogP contribution in [-0.2, 0) is 14.8 Å². The van der Waals surface area contributed by atoms with Gasteiger partial charge in [0.25, 0.3) is 5.88 Å². The molecule has 1 aliphatic rings. The number of sulfonamides is 1. The van der Waals surface area contributed by atoms with Gasteiger partial charge in [-0.15, -0.1) is 18.3 Å². The third-order valence-electron chi connectivity index (χ3n) is 4.91. The van der Waals surface area contributed by atoms with Gasteiger partial charge in [0.2, 0.25) is 10.0 Å². The predicted octanol–water partition coefficient (Wildman–Crippen LogP) is 1.96. The Kier molecular flexibility index (Phi) is 6.22. The second-order valence-electron chi connectivity index (χ2n) is 7.00. The first kappa shape index (κ1) is 23.9. The van der Waals surface area contributed by atoms with E-state index in [4.69, 9.17) is 4.74 Å². The number of hydrogen-bond acceptors (Lipinski definition) is 10. The van der Waals surface area contributed by atoms with Gasteiger partial charge in [-0.3, -0.25) is 4.79 Å². The molecular weight excluding hydrogens is 503 g/mol. The molecule has 0 amide bonds. The number of nitrogens with zero attached hydrogens (tertiary/aromatic N) is 5. The predicted molar refractivity (Wildman–Crippen MR) is 112 cm³/mol. The first-order valence-electron chi connectivity index (χ1n) is 9.51. The number of halogens is 3. The van der Waals surface area contributed by atoms with Crippen LogP contribution < -0.4 is 14.4 Å². The summed E-state index contributed by atoms with van der Waals surface area (Å²) in [6, 6.07) is 2.10. The second kappa shape index (κ2) is 8.84. The molecule has 16 heteroatoms. The maximum atomic E-state index is 13.1. The fraction of sp³-hybridized carbons (Fsp3) is 0.333. The summed E-state index contributed by atoms with van der Waals surface area (Å²) in [6.07, 6.45) is -3.44. The number of alkyl halides is 3. The molecule has 0 radical (unpaired) electrons. The van der Waals surface area contributed by atoms with Crippen LogP contribution in [0.2, 0.25) is 0 Å². The molecule has 4 rings (SSSR count). The zero-order valence-electron chi connectivity index (χ0n) is 17.3. The molecule has 1 aliphatic heterocycles. The summed E-state index contributed by atoms with van der Waals surface area (Å²) in [7, 11) is -2.91. The van der Waals surface area contributed by atoms with Crippen molar-refractivity contribution in [1.29, 1.82) is 0 Å². The molecule has 182 valence electrons. The molecule has 0 unspecified atom stereocenters. The fourth-order valence-corrected chi connectivity index (χ4v) is 5.92. The van der Waals surface area contributed by atoms with Crippen LogP contribution in [0.25, 0.3) is 10.2 Å². The molecule has 0 aliphatic carbocycles. The molecule has 0 saturated carbocycles. The topological polar surface area (TPSA) is 135 Å². The lowest BCUT2D eigenvalue weighted by Gasteiger charge is -2.38. The Bertz CT molecular complexity index is 1320. The van der Waals surface area contributed by atoms with E-state index >= 15 is 0 Å². The van der Waals surface area contributed by atoms with Crippen LogP contribution in [0.4, 0.5) is 18.3 Å². The summed E-state index contributed by atoms with van der Waals surface area (Å²) in [5.74, 6) is -1.78. The number of piperazine rings is 1. The van der Waals surface area contributed by atoms with Crippen molar-refractivity contribution in [3.05, 3.63) is 30.5 Å². The van der Waals surface area contributed by atoms with Gasteiger partial charge in [0, 0.05) is 19.6 Å². The van der Waals surface area contributed by atoms with Crippen molar-refractivity contribution < 1.29 is 41.0 Å². The number of hydrogen-bond donors (Lipinski definition) is 1. The molecule has 2 aromatic heterocycles. The molecule has 11 nitrogen and oxygen atoms in total. The van der Waals surface area contributed by atoms with Crippen molar-refractivity contribution in [2.75, 3.05) is 31.6 Å². The SMILES string of the molecule is COc1nncc2sc(N3CCN(S(=O)(=O)c4ccc(OC(F)(F)F)cc4)[C@@H](C(=O)O)C3)nc12. The average molecular weight is 519 g/mol. The summed E-state index contributed by atoms with van der Waals surface area (Å²) in [4.78, 5) is 17.7. The number of carboxylic acids is 1. The molecule has 1 aromatic carbocycles. The molecule has 3 aromatic rings. The Hall–Kier alpha value is -3.24. The highest BCUT2D eigenvalue weighted by molar-refractivity contribution is 7.89. The van der Waals surface area contributed by atoms with Gasteiger partial charge in [-0.25, -0.2) is 13.4 Å². The van der Waals surface area contributed by atoms with Gasteiger partial charge < -0.3 is 19.5 Å². The molecule has 0 spiro atoms. The third kappa shape index (κ3) is 4.69. The number of aliphatic carboxylic acids is 1. The number of carbonyl (C=O) groups is 1. The lowest BCUT2D eigenvalue weighted by Crippen LogP contribution is -2.58. The zero-order valence-corrected chi connectivity index (χ0v) is 18.9. The van der Waals surface area contributed by atoms with Gasteiger partial charge in [-0.1, -0.05) is 11.3 Å². The van der Waals surface area contributed by atoms with Gasteiger partial charge in [-0.2, -0.15) is 9.40 Å². The van der Waals surface area contributed by atoms with Crippen LogP contribution >= 0.6 is 11.3 Å². The quantitative estimate of drug-likeness (QED) is 0.515. The van der Waals surface area contributed by atoms with E-state index in [0.717, 1.165) is 28.6 Å². The molecular formula is C18H16F3N5O6S2. The highest BCUT2D eigenvalue weighted by Crippen LogP contribution is 2.34. The van der Waals surface area contributed by atoms with Gasteiger partial charge in [0.1, 0.15) is 17.3 Å². The number of benzene rings is 1. The van der Waals surface area contributed by atoms with E-state index in [1.54, 1.807) is 4.90 Å². The largest absolute Gasteiger partial charge is 0.573 e. The Morgan fingerprint density at radius 1 is 1.24 bits per heavy atom. The highest BCUT2D eigenvalue weighted by atomic mass is 32.2. The standard InChI is InChI=1S/C18H16F3N5O6S2/c1-31-15-14-13(8-22-24-15)33-17(23-14)25-6-7-26(12(9-25)16(27)28)34(29,30)11-4-2-10(3-5-11)32-18(19,20)21/h2-5,8,12H,6-7,9H2,1H3,(H,27,28)/t12-/m1/s1. The number of carboxylic acid groups (broad SMARTS) is 1. The Morgan fingerprint density at radius 3 is 2.56 bits per heavy atom. The normalized spacial score (nSPS) is 17.6. The number of thiazole rings is 1. The Balaban J connectivity index is 1.58. The van der Waals surface area contributed by atoms with Crippen molar-refractivity contribution in [3.63, 3.8) is 0 Å². The number of anilines is 1. The highest BCUT2D eigenvalue weighted by Gasteiger charge is 2.41.